The predicted molar refractivity (Wildman–Crippen MR) is 51.0 cm³/mol. The van der Waals surface area contributed by atoms with Gasteiger partial charge >= 0.3 is 0 Å². The molecule has 0 aliphatic heterocycles. The van der Waals surface area contributed by atoms with Gasteiger partial charge in [-0.25, -0.2) is 4.39 Å². The van der Waals surface area contributed by atoms with E-state index in [0.29, 0.717) is 0 Å². The van der Waals surface area contributed by atoms with Crippen molar-refractivity contribution >= 4 is 0 Å². The molecule has 0 radical (unpaired) electrons. The molecule has 0 heterocycles. The first kappa shape index (κ1) is 10.2. The van der Waals surface area contributed by atoms with Crippen LogP contribution in [0.15, 0.2) is 18.2 Å². The van der Waals surface area contributed by atoms with E-state index < -0.39 is 6.10 Å². The van der Waals surface area contributed by atoms with Gasteiger partial charge < -0.3 is 5.11 Å². The third kappa shape index (κ3) is 2.52. The molecular formula is C11H15FO. The van der Waals surface area contributed by atoms with Crippen molar-refractivity contribution < 1.29 is 9.50 Å². The largest absolute Gasteiger partial charge is 0.388 e. The van der Waals surface area contributed by atoms with Crippen LogP contribution in [0.25, 0.3) is 0 Å². The van der Waals surface area contributed by atoms with Crippen LogP contribution in [-0.4, -0.2) is 5.11 Å². The lowest BCUT2D eigenvalue weighted by atomic mass is 10.0. The quantitative estimate of drug-likeness (QED) is 0.762. The Bertz CT molecular complexity index is 283. The molecule has 1 aromatic rings. The second-order valence-electron chi connectivity index (χ2n) is 3.31. The van der Waals surface area contributed by atoms with Gasteiger partial charge in [-0.15, -0.1) is 0 Å². The molecule has 0 bridgehead atoms. The number of aliphatic hydroxyl groups is 1. The SMILES string of the molecule is CCC[C@H](O)c1ccc(F)cc1C. The molecule has 1 nitrogen and oxygen atoms in total. The standard InChI is InChI=1S/C11H15FO/c1-3-4-11(13)10-6-5-9(12)7-8(10)2/h5-7,11,13H,3-4H2,1-2H3/t11-/m0/s1. The summed E-state index contributed by atoms with van der Waals surface area (Å²) in [7, 11) is 0. The Morgan fingerprint density at radius 2 is 2.15 bits per heavy atom. The zero-order valence-electron chi connectivity index (χ0n) is 8.05. The molecule has 0 aliphatic carbocycles. The number of halogens is 1. The maximum atomic E-state index is 12.7. The molecule has 0 unspecified atom stereocenters. The average Bonchev–Trinajstić information content (AvgIpc) is 2.04. The van der Waals surface area contributed by atoms with Gasteiger partial charge in [0.2, 0.25) is 0 Å². The molecule has 1 aromatic carbocycles. The van der Waals surface area contributed by atoms with Gasteiger partial charge in [0.15, 0.2) is 0 Å². The minimum atomic E-state index is -0.453. The average molecular weight is 182 g/mol. The van der Waals surface area contributed by atoms with E-state index in [9.17, 15) is 9.50 Å². The molecule has 0 aromatic heterocycles. The molecule has 0 saturated carbocycles. The van der Waals surface area contributed by atoms with Crippen LogP contribution in [0.2, 0.25) is 0 Å². The molecule has 0 fully saturated rings. The first-order valence-corrected chi connectivity index (χ1v) is 4.59. The summed E-state index contributed by atoms with van der Waals surface area (Å²) in [5.74, 6) is -0.245. The number of aliphatic hydroxyl groups excluding tert-OH is 1. The predicted octanol–water partition coefficient (Wildman–Crippen LogP) is 2.97. The Morgan fingerprint density at radius 3 is 2.69 bits per heavy atom. The van der Waals surface area contributed by atoms with Crippen molar-refractivity contribution in [2.24, 2.45) is 0 Å². The number of benzene rings is 1. The number of rotatable bonds is 3. The third-order valence-corrected chi connectivity index (χ3v) is 2.15. The van der Waals surface area contributed by atoms with E-state index in [0.717, 1.165) is 24.0 Å². The van der Waals surface area contributed by atoms with Gasteiger partial charge in [-0.05, 0) is 36.6 Å². The summed E-state index contributed by atoms with van der Waals surface area (Å²) in [4.78, 5) is 0. The number of hydrogen-bond donors (Lipinski definition) is 1. The summed E-state index contributed by atoms with van der Waals surface area (Å²) in [5.41, 5.74) is 1.66. The van der Waals surface area contributed by atoms with Crippen molar-refractivity contribution in [3.8, 4) is 0 Å². The second-order valence-corrected chi connectivity index (χ2v) is 3.31. The lowest BCUT2D eigenvalue weighted by molar-refractivity contribution is 0.165. The van der Waals surface area contributed by atoms with Crippen LogP contribution in [0.1, 0.15) is 37.0 Å². The van der Waals surface area contributed by atoms with Crippen LogP contribution in [-0.2, 0) is 0 Å². The normalized spacial score (nSPS) is 12.9. The van der Waals surface area contributed by atoms with Crippen molar-refractivity contribution in [1.82, 2.24) is 0 Å². The topological polar surface area (TPSA) is 20.2 Å². The molecule has 0 saturated heterocycles. The van der Waals surface area contributed by atoms with Gasteiger partial charge in [0, 0.05) is 0 Å². The van der Waals surface area contributed by atoms with E-state index in [2.05, 4.69) is 0 Å². The Morgan fingerprint density at radius 1 is 1.46 bits per heavy atom. The Kier molecular flexibility index (Phi) is 3.43. The first-order valence-electron chi connectivity index (χ1n) is 4.59. The number of aryl methyl sites for hydroxylation is 1. The van der Waals surface area contributed by atoms with Crippen molar-refractivity contribution in [3.05, 3.63) is 35.1 Å². The summed E-state index contributed by atoms with van der Waals surface area (Å²) in [5, 5.41) is 9.67. The molecule has 1 N–H and O–H groups in total. The molecular weight excluding hydrogens is 167 g/mol. The van der Waals surface area contributed by atoms with Crippen LogP contribution in [0.4, 0.5) is 4.39 Å². The van der Waals surface area contributed by atoms with Gasteiger partial charge in [-0.3, -0.25) is 0 Å². The highest BCUT2D eigenvalue weighted by atomic mass is 19.1. The Balaban J connectivity index is 2.88. The van der Waals surface area contributed by atoms with E-state index in [1.54, 1.807) is 6.07 Å². The van der Waals surface area contributed by atoms with Gasteiger partial charge in [0.1, 0.15) is 5.82 Å². The van der Waals surface area contributed by atoms with Crippen LogP contribution in [0, 0.1) is 12.7 Å². The maximum absolute atomic E-state index is 12.7. The molecule has 0 amide bonds. The lowest BCUT2D eigenvalue weighted by Crippen LogP contribution is -1.99. The molecule has 0 aliphatic rings. The van der Waals surface area contributed by atoms with E-state index in [1.807, 2.05) is 13.8 Å². The minimum Gasteiger partial charge on any atom is -0.388 e. The number of hydrogen-bond acceptors (Lipinski definition) is 1. The maximum Gasteiger partial charge on any atom is 0.123 e. The van der Waals surface area contributed by atoms with Crippen LogP contribution < -0.4 is 0 Å². The molecule has 0 spiro atoms. The van der Waals surface area contributed by atoms with Gasteiger partial charge in [-0.2, -0.15) is 0 Å². The lowest BCUT2D eigenvalue weighted by Gasteiger charge is -2.12. The summed E-state index contributed by atoms with van der Waals surface area (Å²) < 4.78 is 12.7. The minimum absolute atomic E-state index is 0.245. The van der Waals surface area contributed by atoms with Gasteiger partial charge in [0.05, 0.1) is 6.10 Å². The van der Waals surface area contributed by atoms with Crippen molar-refractivity contribution in [2.75, 3.05) is 0 Å². The van der Waals surface area contributed by atoms with Crippen LogP contribution >= 0.6 is 0 Å². The summed E-state index contributed by atoms with van der Waals surface area (Å²) in [6.07, 6.45) is 1.20. The van der Waals surface area contributed by atoms with Gasteiger partial charge in [-0.1, -0.05) is 19.4 Å². The highest BCUT2D eigenvalue weighted by molar-refractivity contribution is 5.28. The van der Waals surface area contributed by atoms with E-state index in [1.165, 1.54) is 12.1 Å². The second kappa shape index (κ2) is 4.38. The fraction of sp³-hybridized carbons (Fsp3) is 0.455. The third-order valence-electron chi connectivity index (χ3n) is 2.15. The molecule has 2 heteroatoms. The molecule has 13 heavy (non-hydrogen) atoms. The molecule has 1 atom stereocenters. The van der Waals surface area contributed by atoms with Gasteiger partial charge in [0.25, 0.3) is 0 Å². The summed E-state index contributed by atoms with van der Waals surface area (Å²) in [6.45, 7) is 3.83. The van der Waals surface area contributed by atoms with Crippen LogP contribution in [0.3, 0.4) is 0 Å². The Hall–Kier alpha value is -0.890. The zero-order chi connectivity index (χ0) is 9.84. The highest BCUT2D eigenvalue weighted by Crippen LogP contribution is 2.22. The smallest absolute Gasteiger partial charge is 0.123 e. The van der Waals surface area contributed by atoms with E-state index >= 15 is 0 Å². The monoisotopic (exact) mass is 182 g/mol. The van der Waals surface area contributed by atoms with E-state index in [4.69, 9.17) is 0 Å². The van der Waals surface area contributed by atoms with Crippen molar-refractivity contribution in [3.63, 3.8) is 0 Å². The highest BCUT2D eigenvalue weighted by Gasteiger charge is 2.09. The zero-order valence-corrected chi connectivity index (χ0v) is 8.05. The van der Waals surface area contributed by atoms with Crippen molar-refractivity contribution in [2.45, 2.75) is 32.8 Å². The summed E-state index contributed by atoms with van der Waals surface area (Å²) in [6, 6.07) is 4.50. The Labute approximate surface area is 78.2 Å². The van der Waals surface area contributed by atoms with E-state index in [-0.39, 0.29) is 5.82 Å². The molecule has 1 rings (SSSR count). The van der Waals surface area contributed by atoms with Crippen molar-refractivity contribution in [1.29, 1.82) is 0 Å². The first-order chi connectivity index (χ1) is 6.15. The summed E-state index contributed by atoms with van der Waals surface area (Å²) >= 11 is 0. The fourth-order valence-electron chi connectivity index (χ4n) is 1.44. The van der Waals surface area contributed by atoms with Crippen LogP contribution in [0.5, 0.6) is 0 Å². The molecule has 72 valence electrons. The fourth-order valence-corrected chi connectivity index (χ4v) is 1.44.